The zero-order chi connectivity index (χ0) is 45.4. The van der Waals surface area contributed by atoms with Crippen LogP contribution < -0.4 is 0 Å². The first kappa shape index (κ1) is 47.3. The van der Waals surface area contributed by atoms with E-state index >= 15 is 0 Å². The number of rotatable bonds is 9. The molecule has 2 bridgehead atoms. The van der Waals surface area contributed by atoms with Crippen molar-refractivity contribution < 1.29 is 57.8 Å². The molecule has 2 N–H and O–H groups in total. The van der Waals surface area contributed by atoms with E-state index in [1.54, 1.807) is 51.1 Å². The summed E-state index contributed by atoms with van der Waals surface area (Å²) < 4.78 is 43.9. The summed E-state index contributed by atoms with van der Waals surface area (Å²) in [7, 11) is 1.40. The van der Waals surface area contributed by atoms with Crippen LogP contribution in [0, 0.1) is 17.3 Å². The minimum Gasteiger partial charge on any atom is -0.456 e. The Bertz CT molecular complexity index is 1970. The van der Waals surface area contributed by atoms with Gasteiger partial charge >= 0.3 is 18.0 Å². The van der Waals surface area contributed by atoms with E-state index in [0.29, 0.717) is 48.1 Å². The molecule has 4 heterocycles. The highest BCUT2D eigenvalue weighted by atomic mass is 35.5. The number of benzene rings is 1. The topological polar surface area (TPSA) is 176 Å². The molecule has 5 aliphatic rings. The van der Waals surface area contributed by atoms with E-state index in [4.69, 9.17) is 44.8 Å². The van der Waals surface area contributed by atoms with Crippen molar-refractivity contribution >= 4 is 29.6 Å². The lowest BCUT2D eigenvalue weighted by Crippen LogP contribution is -2.64. The van der Waals surface area contributed by atoms with Crippen molar-refractivity contribution in [2.75, 3.05) is 46.5 Å². The highest BCUT2D eigenvalue weighted by Gasteiger charge is 2.62. The summed E-state index contributed by atoms with van der Waals surface area (Å²) in [5.74, 6) is -1.73. The molecule has 4 fully saturated rings. The molecule has 1 aromatic heterocycles. The average molecular weight is 898 g/mol. The molecule has 11 atom stereocenters. The Labute approximate surface area is 375 Å². The van der Waals surface area contributed by atoms with Crippen LogP contribution in [0.3, 0.4) is 0 Å². The van der Waals surface area contributed by atoms with Gasteiger partial charge in [-0.3, -0.25) is 14.8 Å². The summed E-state index contributed by atoms with van der Waals surface area (Å²) >= 11 is 6.17. The monoisotopic (exact) mass is 897 g/mol. The third kappa shape index (κ3) is 10.1. The van der Waals surface area contributed by atoms with Gasteiger partial charge < -0.3 is 43.4 Å². The fourth-order valence-electron chi connectivity index (χ4n) is 9.91. The summed E-state index contributed by atoms with van der Waals surface area (Å²) in [4.78, 5) is 49.7. The van der Waals surface area contributed by atoms with E-state index in [1.807, 2.05) is 20.8 Å². The number of likely N-dealkylation sites (N-methyl/N-ethyl adjacent to an activating group) is 1. The highest BCUT2D eigenvalue weighted by molar-refractivity contribution is 6.30. The maximum absolute atomic E-state index is 14.5. The summed E-state index contributed by atoms with van der Waals surface area (Å²) in [5.41, 5.74) is -2.16. The minimum absolute atomic E-state index is 0.00867. The summed E-state index contributed by atoms with van der Waals surface area (Å²) in [5, 5.41) is 25.9. The molecular formula is C47H64ClN3O12. The smallest absolute Gasteiger partial charge is 0.410 e. The fraction of sp³-hybridized carbons (Fsp3) is 0.660. The molecule has 1 amide bonds. The molecule has 3 saturated heterocycles. The lowest BCUT2D eigenvalue weighted by molar-refractivity contribution is -0.201. The molecule has 1 saturated carbocycles. The van der Waals surface area contributed by atoms with Crippen LogP contribution in [-0.4, -0.2) is 144 Å². The van der Waals surface area contributed by atoms with Gasteiger partial charge in [0.1, 0.15) is 35.6 Å². The van der Waals surface area contributed by atoms with Gasteiger partial charge in [0.15, 0.2) is 12.4 Å². The van der Waals surface area contributed by atoms with Gasteiger partial charge in [0.05, 0.1) is 48.3 Å². The maximum atomic E-state index is 14.5. The van der Waals surface area contributed by atoms with Gasteiger partial charge in [-0.1, -0.05) is 50.6 Å². The van der Waals surface area contributed by atoms with Crippen molar-refractivity contribution in [3.05, 3.63) is 76.1 Å². The van der Waals surface area contributed by atoms with Gasteiger partial charge in [-0.05, 0) is 88.3 Å². The molecule has 16 heteroatoms. The van der Waals surface area contributed by atoms with Crippen LogP contribution in [-0.2, 0) is 38.0 Å². The second-order valence-electron chi connectivity index (χ2n) is 19.3. The van der Waals surface area contributed by atoms with Crippen molar-refractivity contribution in [2.24, 2.45) is 17.3 Å². The van der Waals surface area contributed by atoms with Gasteiger partial charge in [0.25, 0.3) is 0 Å². The summed E-state index contributed by atoms with van der Waals surface area (Å²) in [6.45, 7) is 16.5. The first-order valence-electron chi connectivity index (χ1n) is 22.2. The number of ether oxygens (including phenoxy) is 7. The Hall–Kier alpha value is -3.67. The minimum atomic E-state index is -1.97. The predicted molar refractivity (Wildman–Crippen MR) is 231 cm³/mol. The van der Waals surface area contributed by atoms with Gasteiger partial charge in [-0.2, -0.15) is 0 Å². The molecule has 63 heavy (non-hydrogen) atoms. The number of hydrogen-bond acceptors (Lipinski definition) is 14. The number of halogens is 1. The van der Waals surface area contributed by atoms with Crippen molar-refractivity contribution in [1.29, 1.82) is 0 Å². The number of amides is 1. The number of aliphatic hydroxyl groups excluding tert-OH is 1. The molecule has 1 aromatic carbocycles. The number of nitrogens with zero attached hydrogens (tertiary/aromatic N) is 3. The number of aromatic nitrogens is 1. The largest absolute Gasteiger partial charge is 0.456 e. The number of morpholine rings is 1. The first-order chi connectivity index (χ1) is 29.8. The van der Waals surface area contributed by atoms with Crippen molar-refractivity contribution in [3.63, 3.8) is 0 Å². The first-order valence-corrected chi connectivity index (χ1v) is 22.5. The lowest BCUT2D eigenvalue weighted by atomic mass is 9.56. The molecule has 346 valence electrons. The van der Waals surface area contributed by atoms with Crippen molar-refractivity contribution in [2.45, 2.75) is 134 Å². The number of carbonyl (C=O) groups is 3. The van der Waals surface area contributed by atoms with E-state index in [9.17, 15) is 24.6 Å². The van der Waals surface area contributed by atoms with E-state index in [1.165, 1.54) is 25.4 Å². The van der Waals surface area contributed by atoms with Crippen LogP contribution in [0.4, 0.5) is 4.79 Å². The Balaban J connectivity index is 1.30. The van der Waals surface area contributed by atoms with Crippen LogP contribution in [0.25, 0.3) is 0 Å². The Morgan fingerprint density at radius 1 is 1.05 bits per heavy atom. The number of carbonyl (C=O) groups excluding carboxylic acids is 3. The molecule has 15 nitrogen and oxygen atoms in total. The SMILES string of the molecule is CC1=C2[C@H]3OC(CN4CCOCC4)O[C@H]3C(C)CCC3OCC3C[C@H](OC(=O)c3ccccc3)[C@](O)(C[C@@H]1OC(=O)[C@H](O)[C@H](c1ccc(Cl)cn1)N(C)C(=O)OC(C)(C)C)C2(C)C. The zero-order valence-corrected chi connectivity index (χ0v) is 38.4. The summed E-state index contributed by atoms with van der Waals surface area (Å²) in [6, 6.07) is 10.3. The predicted octanol–water partition coefficient (Wildman–Crippen LogP) is 5.90. The van der Waals surface area contributed by atoms with Gasteiger partial charge in [-0.25, -0.2) is 14.4 Å². The Morgan fingerprint density at radius 2 is 1.76 bits per heavy atom. The van der Waals surface area contributed by atoms with E-state index < -0.39 is 77.5 Å². The Kier molecular flexibility index (Phi) is 14.3. The third-order valence-corrected chi connectivity index (χ3v) is 13.9. The van der Waals surface area contributed by atoms with E-state index in [0.717, 1.165) is 30.8 Å². The van der Waals surface area contributed by atoms with Gasteiger partial charge in [0, 0.05) is 50.6 Å². The van der Waals surface area contributed by atoms with E-state index in [-0.39, 0.29) is 36.5 Å². The van der Waals surface area contributed by atoms with Crippen molar-refractivity contribution in [1.82, 2.24) is 14.8 Å². The van der Waals surface area contributed by atoms with Crippen LogP contribution in [0.1, 0.15) is 96.2 Å². The number of fused-ring (bicyclic) bond motifs is 5. The molecule has 7 rings (SSSR count). The quantitative estimate of drug-likeness (QED) is 0.173. The van der Waals surface area contributed by atoms with Crippen LogP contribution in [0.2, 0.25) is 5.02 Å². The number of esters is 2. The molecule has 0 radical (unpaired) electrons. The van der Waals surface area contributed by atoms with Crippen LogP contribution in [0.15, 0.2) is 59.8 Å². The standard InChI is InChI=1S/C47H64ClN3O12/c1-27-14-17-33-30(26-58-33)22-35(60-42(53)29-12-10-9-11-13-29)47(56)23-34(28(2)37(46(47,6)7)41-40(27)61-36(62-41)25-51-18-20-57-21-19-51)59-43(54)39(52)38(32-16-15-31(48)24-49-32)50(8)44(55)63-45(3,4)5/h9-13,15-16,24,27,30,33-36,38-41,52,56H,14,17-23,25-26H2,1-8H3/t27?,30?,33?,34-,35-,36?,38-,39+,40-,41+,47+/m0/s1. The lowest BCUT2D eigenvalue weighted by Gasteiger charge is -2.56. The number of aliphatic hydroxyl groups is 2. The normalized spacial score (nSPS) is 32.0. The fourth-order valence-corrected chi connectivity index (χ4v) is 10.0. The second-order valence-corrected chi connectivity index (χ2v) is 19.8. The van der Waals surface area contributed by atoms with E-state index in [2.05, 4.69) is 16.8 Å². The van der Waals surface area contributed by atoms with Gasteiger partial charge in [-0.15, -0.1) is 0 Å². The maximum Gasteiger partial charge on any atom is 0.410 e. The molecule has 2 aromatic rings. The molecular weight excluding hydrogens is 834 g/mol. The third-order valence-electron chi connectivity index (χ3n) is 13.6. The zero-order valence-electron chi connectivity index (χ0n) is 37.7. The molecule has 0 spiro atoms. The average Bonchev–Trinajstić information content (AvgIpc) is 3.63. The van der Waals surface area contributed by atoms with Crippen LogP contribution in [0.5, 0.6) is 0 Å². The van der Waals surface area contributed by atoms with Gasteiger partial charge in [0.2, 0.25) is 0 Å². The molecule has 3 aliphatic heterocycles. The second kappa shape index (κ2) is 19.0. The Morgan fingerprint density at radius 3 is 2.40 bits per heavy atom. The number of hydrogen-bond donors (Lipinski definition) is 2. The highest BCUT2D eigenvalue weighted by Crippen LogP contribution is 2.56. The molecule has 4 unspecified atom stereocenters. The number of pyridine rings is 1. The van der Waals surface area contributed by atoms with Crippen LogP contribution >= 0.6 is 11.6 Å². The van der Waals surface area contributed by atoms with Crippen molar-refractivity contribution in [3.8, 4) is 0 Å². The summed E-state index contributed by atoms with van der Waals surface area (Å²) in [6.07, 6.45) is -4.02. The molecule has 2 aliphatic carbocycles.